The van der Waals surface area contributed by atoms with E-state index < -0.39 is 0 Å². The van der Waals surface area contributed by atoms with Gasteiger partial charge in [0, 0.05) is 25.7 Å². The summed E-state index contributed by atoms with van der Waals surface area (Å²) in [5, 5.41) is 5.23. The van der Waals surface area contributed by atoms with Gasteiger partial charge in [-0.15, -0.1) is 0 Å². The number of fused-ring (bicyclic) bond motifs is 1. The molecule has 0 radical (unpaired) electrons. The van der Waals surface area contributed by atoms with E-state index >= 15 is 0 Å². The third-order valence-corrected chi connectivity index (χ3v) is 4.74. The predicted molar refractivity (Wildman–Crippen MR) is 112 cm³/mol. The number of aromatic nitrogens is 5. The smallest absolute Gasteiger partial charge is 0.223 e. The summed E-state index contributed by atoms with van der Waals surface area (Å²) in [4.78, 5) is 26.0. The number of carbonyl (C=O) groups is 1. The Morgan fingerprint density at radius 1 is 1.13 bits per heavy atom. The zero-order chi connectivity index (χ0) is 21.4. The molecule has 3 aromatic heterocycles. The van der Waals surface area contributed by atoms with Crippen LogP contribution in [0.25, 0.3) is 22.6 Å². The molecule has 0 atom stereocenters. The monoisotopic (exact) mass is 406 g/mol. The molecule has 0 aliphatic carbocycles. The van der Waals surface area contributed by atoms with Gasteiger partial charge in [0.2, 0.25) is 5.91 Å². The van der Waals surface area contributed by atoms with Crippen LogP contribution in [0.15, 0.2) is 42.6 Å². The summed E-state index contributed by atoms with van der Waals surface area (Å²) >= 11 is 0. The van der Waals surface area contributed by atoms with Crippen LogP contribution < -0.4 is 16.4 Å². The van der Waals surface area contributed by atoms with Crippen molar-refractivity contribution in [2.45, 2.75) is 13.5 Å². The maximum Gasteiger partial charge on any atom is 0.223 e. The lowest BCUT2D eigenvalue weighted by Gasteiger charge is -2.18. The van der Waals surface area contributed by atoms with Gasteiger partial charge in [-0.25, -0.2) is 24.0 Å². The number of rotatable bonds is 4. The van der Waals surface area contributed by atoms with Gasteiger partial charge in [0.1, 0.15) is 17.2 Å². The zero-order valence-corrected chi connectivity index (χ0v) is 16.4. The van der Waals surface area contributed by atoms with Gasteiger partial charge in [-0.3, -0.25) is 4.79 Å². The lowest BCUT2D eigenvalue weighted by molar-refractivity contribution is -0.116. The van der Waals surface area contributed by atoms with E-state index in [0.29, 0.717) is 22.3 Å². The van der Waals surface area contributed by atoms with Crippen LogP contribution in [0.4, 0.5) is 21.7 Å². The van der Waals surface area contributed by atoms with Gasteiger partial charge in [-0.2, -0.15) is 5.10 Å². The second-order valence-electron chi connectivity index (χ2n) is 6.72. The molecule has 4 aromatic rings. The van der Waals surface area contributed by atoms with Gasteiger partial charge in [0.05, 0.1) is 11.9 Å². The van der Waals surface area contributed by atoms with E-state index in [2.05, 4.69) is 20.1 Å². The van der Waals surface area contributed by atoms with Crippen molar-refractivity contribution < 1.29 is 9.18 Å². The fourth-order valence-corrected chi connectivity index (χ4v) is 3.17. The van der Waals surface area contributed by atoms with Crippen molar-refractivity contribution in [3.05, 3.63) is 54.0 Å². The Morgan fingerprint density at radius 2 is 1.83 bits per heavy atom. The summed E-state index contributed by atoms with van der Waals surface area (Å²) in [6.45, 7) is 1.56. The summed E-state index contributed by atoms with van der Waals surface area (Å²) in [6, 6.07) is 10.0. The summed E-state index contributed by atoms with van der Waals surface area (Å²) < 4.78 is 15.7. The molecule has 1 amide bonds. The topological polar surface area (TPSA) is 129 Å². The van der Waals surface area contributed by atoms with Crippen molar-refractivity contribution in [1.82, 2.24) is 24.7 Å². The molecule has 0 aliphatic heterocycles. The fourth-order valence-electron chi connectivity index (χ4n) is 3.17. The number of halogens is 1. The molecular formula is C20H19FN8O. The van der Waals surface area contributed by atoms with Crippen LogP contribution in [-0.4, -0.2) is 37.7 Å². The van der Waals surface area contributed by atoms with Crippen molar-refractivity contribution in [2.75, 3.05) is 23.4 Å². The number of carbonyl (C=O) groups excluding carboxylic acids is 1. The number of nitrogens with zero attached hydrogens (tertiary/aromatic N) is 6. The van der Waals surface area contributed by atoms with Crippen LogP contribution >= 0.6 is 0 Å². The molecule has 30 heavy (non-hydrogen) atoms. The number of amides is 1. The standard InChI is InChI=1S/C20H19FN8O/c1-11(30)28(2)16-17(22)25-19(26-18(16)23)15-13-7-5-9-24-20(13)29(27-15)10-12-6-3-4-8-14(12)21/h3-9H,10H2,1-2H3,(H4,22,23,25,26). The summed E-state index contributed by atoms with van der Waals surface area (Å²) in [5.41, 5.74) is 13.8. The van der Waals surface area contributed by atoms with E-state index in [1.807, 2.05) is 6.07 Å². The SMILES string of the molecule is CC(=O)N(C)c1c(N)nc(-c2nn(Cc3ccccc3F)c3ncccc23)nc1N. The minimum Gasteiger partial charge on any atom is -0.382 e. The van der Waals surface area contributed by atoms with E-state index in [4.69, 9.17) is 11.5 Å². The van der Waals surface area contributed by atoms with Crippen LogP contribution in [0.1, 0.15) is 12.5 Å². The molecule has 3 heterocycles. The first kappa shape index (κ1) is 19.2. The maximum absolute atomic E-state index is 14.1. The summed E-state index contributed by atoms with van der Waals surface area (Å²) in [6.07, 6.45) is 1.63. The second kappa shape index (κ2) is 7.39. The van der Waals surface area contributed by atoms with Gasteiger partial charge >= 0.3 is 0 Å². The predicted octanol–water partition coefficient (Wildman–Crippen LogP) is 2.22. The molecular weight excluding hydrogens is 387 g/mol. The Balaban J connectivity index is 1.84. The third-order valence-electron chi connectivity index (χ3n) is 4.74. The minimum absolute atomic E-state index is 0.0518. The van der Waals surface area contributed by atoms with Gasteiger partial charge < -0.3 is 16.4 Å². The average molecular weight is 406 g/mol. The van der Waals surface area contributed by atoms with E-state index in [1.54, 1.807) is 35.1 Å². The van der Waals surface area contributed by atoms with Gasteiger partial charge in [0.25, 0.3) is 0 Å². The molecule has 1 aromatic carbocycles. The van der Waals surface area contributed by atoms with Crippen LogP contribution in [0, 0.1) is 5.82 Å². The molecule has 152 valence electrons. The van der Waals surface area contributed by atoms with Crippen LogP contribution in [0.5, 0.6) is 0 Å². The molecule has 0 bridgehead atoms. The zero-order valence-electron chi connectivity index (χ0n) is 16.4. The largest absolute Gasteiger partial charge is 0.382 e. The third kappa shape index (κ3) is 3.28. The highest BCUT2D eigenvalue weighted by Gasteiger charge is 2.21. The fraction of sp³-hybridized carbons (Fsp3) is 0.150. The van der Waals surface area contributed by atoms with Crippen LogP contribution in [0.3, 0.4) is 0 Å². The van der Waals surface area contributed by atoms with Crippen LogP contribution in [0.2, 0.25) is 0 Å². The Bertz CT molecular complexity index is 1250. The Labute approximate surface area is 171 Å². The highest BCUT2D eigenvalue weighted by atomic mass is 19.1. The van der Waals surface area contributed by atoms with Crippen molar-refractivity contribution in [1.29, 1.82) is 0 Å². The van der Waals surface area contributed by atoms with Crippen molar-refractivity contribution in [3.8, 4) is 11.5 Å². The Hall–Kier alpha value is -4.08. The quantitative estimate of drug-likeness (QED) is 0.532. The number of pyridine rings is 1. The van der Waals surface area contributed by atoms with Crippen molar-refractivity contribution >= 4 is 34.3 Å². The number of hydrogen-bond acceptors (Lipinski definition) is 7. The minimum atomic E-state index is -0.333. The first-order valence-electron chi connectivity index (χ1n) is 9.09. The number of nitrogens with two attached hydrogens (primary N) is 2. The number of benzene rings is 1. The maximum atomic E-state index is 14.1. The molecule has 0 saturated heterocycles. The van der Waals surface area contributed by atoms with Gasteiger partial charge in [-0.05, 0) is 18.2 Å². The van der Waals surface area contributed by atoms with E-state index in [0.717, 1.165) is 0 Å². The molecule has 0 saturated carbocycles. The number of anilines is 3. The van der Waals surface area contributed by atoms with Gasteiger partial charge in [-0.1, -0.05) is 18.2 Å². The highest BCUT2D eigenvalue weighted by molar-refractivity contribution is 5.98. The summed E-state index contributed by atoms with van der Waals surface area (Å²) in [7, 11) is 1.54. The summed E-state index contributed by atoms with van der Waals surface area (Å²) in [5.74, 6) is -0.295. The Kier molecular flexibility index (Phi) is 4.74. The van der Waals surface area contributed by atoms with E-state index in [9.17, 15) is 9.18 Å². The average Bonchev–Trinajstić information content (AvgIpc) is 3.07. The van der Waals surface area contributed by atoms with E-state index in [-0.39, 0.29) is 41.4 Å². The highest BCUT2D eigenvalue weighted by Crippen LogP contribution is 2.32. The molecule has 0 aliphatic rings. The van der Waals surface area contributed by atoms with Crippen molar-refractivity contribution in [3.63, 3.8) is 0 Å². The molecule has 4 rings (SSSR count). The molecule has 0 spiro atoms. The number of hydrogen-bond donors (Lipinski definition) is 2. The second-order valence-corrected chi connectivity index (χ2v) is 6.72. The van der Waals surface area contributed by atoms with E-state index in [1.165, 1.54) is 24.9 Å². The normalized spacial score (nSPS) is 11.0. The number of nitrogen functional groups attached to an aromatic ring is 2. The molecule has 10 heteroatoms. The van der Waals surface area contributed by atoms with Crippen molar-refractivity contribution in [2.24, 2.45) is 0 Å². The molecule has 4 N–H and O–H groups in total. The van der Waals surface area contributed by atoms with Crippen LogP contribution in [-0.2, 0) is 11.3 Å². The lowest BCUT2D eigenvalue weighted by Crippen LogP contribution is -2.26. The lowest BCUT2D eigenvalue weighted by atomic mass is 10.2. The first-order valence-corrected chi connectivity index (χ1v) is 9.09. The van der Waals surface area contributed by atoms with Gasteiger partial charge in [0.15, 0.2) is 23.1 Å². The first-order chi connectivity index (χ1) is 14.4. The molecule has 9 nitrogen and oxygen atoms in total. The molecule has 0 fully saturated rings. The Morgan fingerprint density at radius 3 is 2.50 bits per heavy atom. The molecule has 0 unspecified atom stereocenters.